The predicted octanol–water partition coefficient (Wildman–Crippen LogP) is 1.17. The molecule has 1 atom stereocenters. The van der Waals surface area contributed by atoms with Crippen molar-refractivity contribution in [2.45, 2.75) is 6.10 Å². The van der Waals surface area contributed by atoms with Crippen molar-refractivity contribution >= 4 is 0 Å². The van der Waals surface area contributed by atoms with Gasteiger partial charge in [-0.1, -0.05) is 6.07 Å². The summed E-state index contributed by atoms with van der Waals surface area (Å²) in [6.07, 6.45) is -0.986. The number of nitrogens with zero attached hydrogens (tertiary/aromatic N) is 1. The Morgan fingerprint density at radius 2 is 2.10 bits per heavy atom. The van der Waals surface area contributed by atoms with Crippen molar-refractivity contribution in [3.8, 4) is 0 Å². The number of methoxy groups -OCH3 is 1. The standard InChI is InChI=1S/C14H22F2N2O2/c1-18(7-8-20-2)6-5-17-10-14(19)12-4-3-11(15)9-13(12)16/h3-4,9,14,17,19H,5-8,10H2,1-2H3. The number of benzene rings is 1. The Morgan fingerprint density at radius 1 is 1.35 bits per heavy atom. The minimum atomic E-state index is -0.986. The van der Waals surface area contributed by atoms with Crippen LogP contribution in [0, 0.1) is 11.6 Å². The smallest absolute Gasteiger partial charge is 0.131 e. The van der Waals surface area contributed by atoms with E-state index in [-0.39, 0.29) is 12.1 Å². The lowest BCUT2D eigenvalue weighted by molar-refractivity contribution is 0.155. The van der Waals surface area contributed by atoms with Gasteiger partial charge in [-0.25, -0.2) is 8.78 Å². The third-order valence-electron chi connectivity index (χ3n) is 3.01. The number of halogens is 2. The van der Waals surface area contributed by atoms with E-state index in [1.165, 1.54) is 6.07 Å². The summed E-state index contributed by atoms with van der Waals surface area (Å²) in [6.45, 7) is 3.18. The van der Waals surface area contributed by atoms with Crippen molar-refractivity contribution in [1.82, 2.24) is 10.2 Å². The highest BCUT2D eigenvalue weighted by Gasteiger charge is 2.13. The van der Waals surface area contributed by atoms with Gasteiger partial charge in [-0.3, -0.25) is 0 Å². The van der Waals surface area contributed by atoms with Crippen LogP contribution >= 0.6 is 0 Å². The van der Waals surface area contributed by atoms with Gasteiger partial charge in [-0.2, -0.15) is 0 Å². The molecule has 1 rings (SSSR count). The molecule has 0 radical (unpaired) electrons. The minimum absolute atomic E-state index is 0.103. The molecule has 0 spiro atoms. The molecule has 1 aromatic rings. The van der Waals surface area contributed by atoms with E-state index in [0.29, 0.717) is 13.2 Å². The molecule has 1 unspecified atom stereocenters. The zero-order valence-corrected chi connectivity index (χ0v) is 11.9. The Morgan fingerprint density at radius 3 is 2.75 bits per heavy atom. The highest BCUT2D eigenvalue weighted by molar-refractivity contribution is 5.21. The summed E-state index contributed by atoms with van der Waals surface area (Å²) in [7, 11) is 3.62. The zero-order chi connectivity index (χ0) is 15.0. The van der Waals surface area contributed by atoms with Crippen LogP contribution in [-0.4, -0.2) is 56.9 Å². The first-order valence-electron chi connectivity index (χ1n) is 6.55. The molecule has 0 aliphatic rings. The number of hydrogen-bond acceptors (Lipinski definition) is 4. The number of ether oxygens (including phenoxy) is 1. The minimum Gasteiger partial charge on any atom is -0.387 e. The van der Waals surface area contributed by atoms with Crippen molar-refractivity contribution in [3.63, 3.8) is 0 Å². The van der Waals surface area contributed by atoms with E-state index in [4.69, 9.17) is 4.74 Å². The third kappa shape index (κ3) is 5.92. The Kier molecular flexibility index (Phi) is 7.61. The lowest BCUT2D eigenvalue weighted by atomic mass is 10.1. The van der Waals surface area contributed by atoms with Gasteiger partial charge < -0.3 is 20.1 Å². The van der Waals surface area contributed by atoms with Gasteiger partial charge in [0.05, 0.1) is 12.7 Å². The maximum absolute atomic E-state index is 13.4. The Balaban J connectivity index is 2.27. The molecular weight excluding hydrogens is 266 g/mol. The lowest BCUT2D eigenvalue weighted by Gasteiger charge is -2.17. The first-order chi connectivity index (χ1) is 9.54. The zero-order valence-electron chi connectivity index (χ0n) is 11.9. The number of aliphatic hydroxyl groups is 1. The SMILES string of the molecule is COCCN(C)CCNCC(O)c1ccc(F)cc1F. The van der Waals surface area contributed by atoms with E-state index in [9.17, 15) is 13.9 Å². The quantitative estimate of drug-likeness (QED) is 0.670. The highest BCUT2D eigenvalue weighted by Crippen LogP contribution is 2.17. The summed E-state index contributed by atoms with van der Waals surface area (Å²) in [4.78, 5) is 2.08. The second-order valence-corrected chi connectivity index (χ2v) is 4.68. The molecule has 0 bridgehead atoms. The Labute approximate surface area is 118 Å². The van der Waals surface area contributed by atoms with Crippen LogP contribution in [0.15, 0.2) is 18.2 Å². The van der Waals surface area contributed by atoms with Crippen LogP contribution in [-0.2, 0) is 4.74 Å². The van der Waals surface area contributed by atoms with E-state index in [1.54, 1.807) is 7.11 Å². The van der Waals surface area contributed by atoms with Crippen molar-refractivity contribution in [2.75, 3.05) is 46.9 Å². The monoisotopic (exact) mass is 288 g/mol. The van der Waals surface area contributed by atoms with E-state index in [2.05, 4.69) is 10.2 Å². The van der Waals surface area contributed by atoms with Crippen LogP contribution in [0.5, 0.6) is 0 Å². The topological polar surface area (TPSA) is 44.7 Å². The first-order valence-corrected chi connectivity index (χ1v) is 6.55. The molecular formula is C14H22F2N2O2. The molecule has 4 nitrogen and oxygen atoms in total. The van der Waals surface area contributed by atoms with E-state index in [0.717, 1.165) is 25.2 Å². The first kappa shape index (κ1) is 17.0. The highest BCUT2D eigenvalue weighted by atomic mass is 19.1. The summed E-state index contributed by atoms with van der Waals surface area (Å²) >= 11 is 0. The van der Waals surface area contributed by atoms with Crippen molar-refractivity contribution in [3.05, 3.63) is 35.4 Å². The van der Waals surface area contributed by atoms with Gasteiger partial charge in [0.25, 0.3) is 0 Å². The summed E-state index contributed by atoms with van der Waals surface area (Å²) in [5.74, 6) is -1.37. The number of nitrogens with one attached hydrogen (secondary N) is 1. The van der Waals surface area contributed by atoms with Gasteiger partial charge >= 0.3 is 0 Å². The van der Waals surface area contributed by atoms with Crippen LogP contribution in [0.4, 0.5) is 8.78 Å². The summed E-state index contributed by atoms with van der Waals surface area (Å²) in [5, 5.41) is 12.9. The van der Waals surface area contributed by atoms with E-state index in [1.807, 2.05) is 7.05 Å². The van der Waals surface area contributed by atoms with Crippen LogP contribution in [0.25, 0.3) is 0 Å². The van der Waals surface area contributed by atoms with Crippen LogP contribution < -0.4 is 5.32 Å². The normalized spacial score (nSPS) is 12.9. The average Bonchev–Trinajstić information content (AvgIpc) is 2.41. The molecule has 20 heavy (non-hydrogen) atoms. The summed E-state index contributed by atoms with van der Waals surface area (Å²) in [6, 6.07) is 3.18. The molecule has 0 fully saturated rings. The molecule has 0 aliphatic carbocycles. The molecule has 1 aromatic carbocycles. The van der Waals surface area contributed by atoms with E-state index >= 15 is 0 Å². The summed E-state index contributed by atoms with van der Waals surface area (Å²) in [5.41, 5.74) is 0.103. The molecule has 0 aromatic heterocycles. The molecule has 0 aliphatic heterocycles. The fraction of sp³-hybridized carbons (Fsp3) is 0.571. The second-order valence-electron chi connectivity index (χ2n) is 4.68. The van der Waals surface area contributed by atoms with Crippen LogP contribution in [0.3, 0.4) is 0 Å². The van der Waals surface area contributed by atoms with Gasteiger partial charge in [0.1, 0.15) is 11.6 Å². The fourth-order valence-corrected chi connectivity index (χ4v) is 1.75. The van der Waals surface area contributed by atoms with Gasteiger partial charge in [0.2, 0.25) is 0 Å². The molecule has 0 saturated heterocycles. The lowest BCUT2D eigenvalue weighted by Crippen LogP contribution is -2.33. The number of likely N-dealkylation sites (N-methyl/N-ethyl adjacent to an activating group) is 1. The molecule has 2 N–H and O–H groups in total. The van der Waals surface area contributed by atoms with Crippen molar-refractivity contribution in [1.29, 1.82) is 0 Å². The molecule has 0 amide bonds. The van der Waals surface area contributed by atoms with E-state index < -0.39 is 17.7 Å². The van der Waals surface area contributed by atoms with Crippen molar-refractivity contribution < 1.29 is 18.6 Å². The largest absolute Gasteiger partial charge is 0.387 e. The molecule has 114 valence electrons. The van der Waals surface area contributed by atoms with Crippen molar-refractivity contribution in [2.24, 2.45) is 0 Å². The molecule has 6 heteroatoms. The Bertz CT molecular complexity index is 405. The second kappa shape index (κ2) is 8.97. The summed E-state index contributed by atoms with van der Waals surface area (Å²) < 4.78 is 31.1. The maximum Gasteiger partial charge on any atom is 0.131 e. The maximum atomic E-state index is 13.4. The fourth-order valence-electron chi connectivity index (χ4n) is 1.75. The number of hydrogen-bond donors (Lipinski definition) is 2. The predicted molar refractivity (Wildman–Crippen MR) is 73.6 cm³/mol. The van der Waals surface area contributed by atoms with Gasteiger partial charge in [-0.05, 0) is 13.1 Å². The van der Waals surface area contributed by atoms with Crippen LogP contribution in [0.1, 0.15) is 11.7 Å². The third-order valence-corrected chi connectivity index (χ3v) is 3.01. The van der Waals surface area contributed by atoms with Gasteiger partial charge in [0.15, 0.2) is 0 Å². The van der Waals surface area contributed by atoms with Gasteiger partial charge in [0, 0.05) is 44.9 Å². The average molecular weight is 288 g/mol. The number of aliphatic hydroxyl groups excluding tert-OH is 1. The van der Waals surface area contributed by atoms with Gasteiger partial charge in [-0.15, -0.1) is 0 Å². The number of rotatable bonds is 9. The molecule has 0 saturated carbocycles. The molecule has 0 heterocycles. The Hall–Kier alpha value is -1.08. The van der Waals surface area contributed by atoms with Crippen LogP contribution in [0.2, 0.25) is 0 Å².